The minimum absolute atomic E-state index is 0.0404. The van der Waals surface area contributed by atoms with Crippen LogP contribution in [0.15, 0.2) is 52.8 Å². The molecule has 2 atom stereocenters. The van der Waals surface area contributed by atoms with Gasteiger partial charge in [-0.2, -0.15) is 0 Å². The lowest BCUT2D eigenvalue weighted by Crippen LogP contribution is -2.52. The Labute approximate surface area is 255 Å². The Morgan fingerprint density at radius 3 is 2.40 bits per heavy atom. The van der Waals surface area contributed by atoms with Crippen molar-refractivity contribution in [2.45, 2.75) is 76.2 Å². The number of aliphatic imine (C=N–C) groups is 1. The van der Waals surface area contributed by atoms with Gasteiger partial charge in [0, 0.05) is 50.0 Å². The minimum Gasteiger partial charge on any atom is -0.390 e. The van der Waals surface area contributed by atoms with Crippen LogP contribution in [0.3, 0.4) is 0 Å². The van der Waals surface area contributed by atoms with Crippen molar-refractivity contribution in [2.75, 3.05) is 46.0 Å². The van der Waals surface area contributed by atoms with Crippen LogP contribution in [0.1, 0.15) is 63.5 Å². The van der Waals surface area contributed by atoms with Gasteiger partial charge >= 0.3 is 0 Å². The summed E-state index contributed by atoms with van der Waals surface area (Å²) in [5, 5.41) is 3.33. The first kappa shape index (κ1) is 33.1. The fourth-order valence-corrected chi connectivity index (χ4v) is 7.09. The lowest BCUT2D eigenvalue weighted by molar-refractivity contribution is -0.128. The summed E-state index contributed by atoms with van der Waals surface area (Å²) in [6, 6.07) is 6.87. The molecule has 1 aromatic rings. The summed E-state index contributed by atoms with van der Waals surface area (Å²) in [5.41, 5.74) is 8.12. The van der Waals surface area contributed by atoms with Gasteiger partial charge in [-0.25, -0.2) is 22.1 Å². The van der Waals surface area contributed by atoms with Gasteiger partial charge in [0.2, 0.25) is 10.0 Å². The van der Waals surface area contributed by atoms with Crippen molar-refractivity contribution < 1.29 is 22.3 Å². The van der Waals surface area contributed by atoms with Gasteiger partial charge < -0.3 is 25.6 Å². The van der Waals surface area contributed by atoms with Crippen molar-refractivity contribution in [1.82, 2.24) is 19.4 Å². The van der Waals surface area contributed by atoms with E-state index in [1.54, 1.807) is 19.2 Å². The number of benzene rings is 1. The summed E-state index contributed by atoms with van der Waals surface area (Å²) in [6.45, 7) is 9.45. The molecule has 3 saturated heterocycles. The van der Waals surface area contributed by atoms with E-state index < -0.39 is 10.0 Å². The van der Waals surface area contributed by atoms with Crippen molar-refractivity contribution in [3.05, 3.63) is 59.2 Å². The van der Waals surface area contributed by atoms with Crippen LogP contribution in [-0.2, 0) is 19.6 Å². The highest BCUT2D eigenvalue weighted by atomic mass is 32.2. The fraction of sp³-hybridized carbons (Fsp3) is 0.613. The summed E-state index contributed by atoms with van der Waals surface area (Å²) in [7, 11) is -1.53. The molecule has 238 valence electrons. The highest BCUT2D eigenvalue weighted by molar-refractivity contribution is 7.88. The predicted octanol–water partition coefficient (Wildman–Crippen LogP) is 3.15. The zero-order valence-corrected chi connectivity index (χ0v) is 26.5. The molecular weight excluding hydrogens is 571 g/mol. The van der Waals surface area contributed by atoms with E-state index in [9.17, 15) is 17.6 Å². The number of carbonyl (C=O) groups is 1. The monoisotopic (exact) mass is 618 g/mol. The lowest BCUT2D eigenvalue weighted by atomic mass is 9.97. The van der Waals surface area contributed by atoms with Crippen molar-refractivity contribution >= 4 is 22.3 Å². The molecule has 4 rings (SSSR count). The molecule has 0 aromatic heterocycles. The number of sulfonamides is 1. The number of hydrogen-bond acceptors (Lipinski definition) is 7. The van der Waals surface area contributed by atoms with Crippen LogP contribution in [0, 0.1) is 5.82 Å². The van der Waals surface area contributed by atoms with E-state index in [4.69, 9.17) is 10.5 Å². The first-order chi connectivity index (χ1) is 20.5. The molecule has 0 radical (unpaired) electrons. The summed E-state index contributed by atoms with van der Waals surface area (Å²) >= 11 is 0. The molecular formula is C31H47FN6O4S. The molecule has 0 aliphatic carbocycles. The first-order valence-corrected chi connectivity index (χ1v) is 17.1. The van der Waals surface area contributed by atoms with Crippen molar-refractivity contribution in [2.24, 2.45) is 10.7 Å². The van der Waals surface area contributed by atoms with Gasteiger partial charge in [0.25, 0.3) is 5.91 Å². The summed E-state index contributed by atoms with van der Waals surface area (Å²) in [5.74, 6) is -0.428. The Hall–Kier alpha value is -2.80. The van der Waals surface area contributed by atoms with Crippen LogP contribution in [0.2, 0.25) is 0 Å². The average Bonchev–Trinajstić information content (AvgIpc) is 3.01. The molecule has 3 aliphatic heterocycles. The third-order valence-electron chi connectivity index (χ3n) is 9.15. The Kier molecular flexibility index (Phi) is 11.4. The van der Waals surface area contributed by atoms with E-state index in [1.165, 1.54) is 22.7 Å². The summed E-state index contributed by atoms with van der Waals surface area (Å²) in [4.78, 5) is 22.1. The number of nitrogens with two attached hydrogens (primary N) is 1. The highest BCUT2D eigenvalue weighted by Gasteiger charge is 2.33. The Morgan fingerprint density at radius 1 is 1.14 bits per heavy atom. The molecule has 12 heteroatoms. The maximum absolute atomic E-state index is 13.6. The second-order valence-electron chi connectivity index (χ2n) is 11.9. The number of carbonyl (C=O) groups excluding carboxylic acids is 1. The number of likely N-dealkylation sites (tertiary alicyclic amines) is 2. The van der Waals surface area contributed by atoms with Gasteiger partial charge in [-0.05, 0) is 82.7 Å². The molecule has 3 aliphatic rings. The van der Waals surface area contributed by atoms with Gasteiger partial charge in [-0.15, -0.1) is 0 Å². The number of ether oxygens (including phenoxy) is 1. The molecule has 43 heavy (non-hydrogen) atoms. The molecule has 2 unspecified atom stereocenters. The zero-order chi connectivity index (χ0) is 31.1. The first-order valence-electron chi connectivity index (χ1n) is 15.2. The molecule has 3 N–H and O–H groups in total. The van der Waals surface area contributed by atoms with Crippen LogP contribution in [0.25, 0.3) is 0 Å². The number of piperidine rings is 2. The smallest absolute Gasteiger partial charge is 0.272 e. The standard InChI is InChI=1S/C31H47FN6O4S/c1-22(23(2)34-20-28-6-5-7-29(42-28)24-8-10-25(32)11-9-24)30(35-21-33)31(39)38-18-14-27(15-19-38)37-16-12-26(13-17-37)36(3)43(4,40)41/h8-11,21,26-29,34H,2,5-7,12-20H2,1,3-4H3,(H2,33,35)/b30-22-. The Bertz CT molecular complexity index is 1290. The normalized spacial score (nSPS) is 23.9. The van der Waals surface area contributed by atoms with E-state index in [0.29, 0.717) is 36.9 Å². The third kappa shape index (κ3) is 8.65. The van der Waals surface area contributed by atoms with E-state index in [2.05, 4.69) is 21.8 Å². The Morgan fingerprint density at radius 2 is 1.79 bits per heavy atom. The van der Waals surface area contributed by atoms with Crippen LogP contribution in [0.4, 0.5) is 4.39 Å². The fourth-order valence-electron chi connectivity index (χ4n) is 6.34. The third-order valence-corrected chi connectivity index (χ3v) is 10.5. The van der Waals surface area contributed by atoms with Gasteiger partial charge in [0.15, 0.2) is 0 Å². The maximum Gasteiger partial charge on any atom is 0.272 e. The number of amides is 1. The molecule has 1 aromatic carbocycles. The van der Waals surface area contributed by atoms with Gasteiger partial charge in [0.05, 0.1) is 24.8 Å². The van der Waals surface area contributed by atoms with Gasteiger partial charge in [-0.3, -0.25) is 4.79 Å². The number of nitrogens with zero attached hydrogens (tertiary/aromatic N) is 4. The minimum atomic E-state index is -3.19. The van der Waals surface area contributed by atoms with Crippen molar-refractivity contribution in [3.63, 3.8) is 0 Å². The topological polar surface area (TPSA) is 121 Å². The summed E-state index contributed by atoms with van der Waals surface area (Å²) in [6.07, 6.45) is 8.41. The van der Waals surface area contributed by atoms with Crippen LogP contribution >= 0.6 is 0 Å². The molecule has 3 heterocycles. The molecule has 0 spiro atoms. The SMILES string of the molecule is C=C(NCC1CCCC(c2ccc(F)cc2)O1)/C(C)=C(\N=CN)C(=O)N1CCC(N2CCC(N(C)S(C)(=O)=O)CC2)CC1. The summed E-state index contributed by atoms with van der Waals surface area (Å²) < 4.78 is 44.9. The largest absolute Gasteiger partial charge is 0.390 e. The second kappa shape index (κ2) is 14.8. The van der Waals surface area contributed by atoms with E-state index in [1.807, 2.05) is 11.8 Å². The van der Waals surface area contributed by atoms with Gasteiger partial charge in [0.1, 0.15) is 11.5 Å². The number of hydrogen-bond donors (Lipinski definition) is 2. The van der Waals surface area contributed by atoms with Crippen molar-refractivity contribution in [1.29, 1.82) is 0 Å². The predicted molar refractivity (Wildman–Crippen MR) is 167 cm³/mol. The molecule has 3 fully saturated rings. The number of rotatable bonds is 10. The van der Waals surface area contributed by atoms with Gasteiger partial charge in [-0.1, -0.05) is 18.7 Å². The van der Waals surface area contributed by atoms with E-state index in [-0.39, 0.29) is 35.7 Å². The lowest BCUT2D eigenvalue weighted by Gasteiger charge is -2.43. The maximum atomic E-state index is 13.6. The van der Waals surface area contributed by atoms with Crippen LogP contribution < -0.4 is 11.1 Å². The number of nitrogens with one attached hydrogen (secondary N) is 1. The van der Waals surface area contributed by atoms with Crippen LogP contribution in [-0.4, -0.2) is 99.0 Å². The number of allylic oxidation sites excluding steroid dienone is 1. The second-order valence-corrected chi connectivity index (χ2v) is 14.0. The van der Waals surface area contributed by atoms with Crippen molar-refractivity contribution in [3.8, 4) is 0 Å². The number of halogens is 1. The highest BCUT2D eigenvalue weighted by Crippen LogP contribution is 2.31. The van der Waals surface area contributed by atoms with E-state index in [0.717, 1.165) is 69.9 Å². The molecule has 10 nitrogen and oxygen atoms in total. The van der Waals surface area contributed by atoms with E-state index >= 15 is 0 Å². The average molecular weight is 619 g/mol. The van der Waals surface area contributed by atoms with Crippen LogP contribution in [0.5, 0.6) is 0 Å². The zero-order valence-electron chi connectivity index (χ0n) is 25.7. The Balaban J connectivity index is 1.28. The quantitative estimate of drug-likeness (QED) is 0.179. The molecule has 0 bridgehead atoms. The molecule has 0 saturated carbocycles. The molecule has 1 amide bonds.